The number of nitrogens with zero attached hydrogens (tertiary/aromatic N) is 1. The van der Waals surface area contributed by atoms with E-state index in [1.807, 2.05) is 0 Å². The van der Waals surface area contributed by atoms with Crippen LogP contribution in [0.5, 0.6) is 0 Å². The zero-order valence-electron chi connectivity index (χ0n) is 7.77. The van der Waals surface area contributed by atoms with Gasteiger partial charge >= 0.3 is 0 Å². The predicted molar refractivity (Wildman–Crippen MR) is 56.4 cm³/mol. The maximum atomic E-state index is 12.4. The summed E-state index contributed by atoms with van der Waals surface area (Å²) < 4.78 is 24.7. The topological polar surface area (TPSA) is 4.36 Å². The average Bonchev–Trinajstić information content (AvgIpc) is 2.16. The molecule has 0 heterocycles. The third-order valence-corrected chi connectivity index (χ3v) is 2.59. The fourth-order valence-corrected chi connectivity index (χ4v) is 2.01. The maximum absolute atomic E-state index is 12.4. The lowest BCUT2D eigenvalue weighted by molar-refractivity contribution is 0.151. The zero-order chi connectivity index (χ0) is 11.6. The summed E-state index contributed by atoms with van der Waals surface area (Å²) in [6, 6.07) is 1.77. The molecule has 5 heteroatoms. The Morgan fingerprint density at radius 2 is 1.73 bits per heavy atom. The van der Waals surface area contributed by atoms with Crippen LogP contribution in [0.15, 0.2) is 12.1 Å². The van der Waals surface area contributed by atoms with Gasteiger partial charge in [-0.05, 0) is 12.1 Å². The molecule has 1 unspecified atom stereocenters. The third kappa shape index (κ3) is 2.58. The van der Waals surface area contributed by atoms with Crippen LogP contribution in [0.3, 0.4) is 0 Å². The molecule has 0 fully saturated rings. The van der Waals surface area contributed by atoms with Crippen molar-refractivity contribution in [1.29, 1.82) is 0 Å². The molecule has 0 N–H and O–H groups in total. The summed E-state index contributed by atoms with van der Waals surface area (Å²) in [7, 11) is 0. The first-order valence-electron chi connectivity index (χ1n) is 4.11. The van der Waals surface area contributed by atoms with Crippen molar-refractivity contribution in [2.45, 2.75) is 19.4 Å². The molecule has 0 aliphatic carbocycles. The van der Waals surface area contributed by atoms with Crippen LogP contribution in [0.4, 0.5) is 8.78 Å². The zero-order valence-corrected chi connectivity index (χ0v) is 9.28. The molecule has 1 aromatic rings. The molecule has 15 heavy (non-hydrogen) atoms. The van der Waals surface area contributed by atoms with Crippen LogP contribution in [-0.4, -0.2) is 0 Å². The Balaban J connectivity index is 3.29. The molecule has 1 nitrogen and oxygen atoms in total. The number of alkyl halides is 2. The minimum Gasteiger partial charge on any atom is -0.309 e. The molecule has 0 aliphatic rings. The van der Waals surface area contributed by atoms with E-state index in [-0.39, 0.29) is 15.6 Å². The molecule has 0 aromatic heterocycles. The fraction of sp³-hybridized carbons (Fsp3) is 0.300. The molecule has 0 aliphatic heterocycles. The Morgan fingerprint density at radius 1 is 1.27 bits per heavy atom. The normalized spacial score (nSPS) is 12.6. The van der Waals surface area contributed by atoms with Gasteiger partial charge in [-0.25, -0.2) is 15.4 Å². The van der Waals surface area contributed by atoms with Crippen LogP contribution in [0.1, 0.15) is 30.5 Å². The third-order valence-electron chi connectivity index (χ3n) is 1.96. The van der Waals surface area contributed by atoms with Crippen molar-refractivity contribution in [3.63, 3.8) is 0 Å². The second kappa shape index (κ2) is 4.78. The van der Waals surface area contributed by atoms with Crippen molar-refractivity contribution in [1.82, 2.24) is 0 Å². The SMILES string of the molecule is [C-]#[N+]C(C)c1c(Cl)cc(C(F)F)cc1Cl. The van der Waals surface area contributed by atoms with E-state index in [1.54, 1.807) is 6.92 Å². The van der Waals surface area contributed by atoms with Crippen LogP contribution in [-0.2, 0) is 0 Å². The van der Waals surface area contributed by atoms with E-state index in [4.69, 9.17) is 29.8 Å². The maximum Gasteiger partial charge on any atom is 0.263 e. The molecular formula is C10H7Cl2F2N. The van der Waals surface area contributed by atoms with E-state index in [0.717, 1.165) is 12.1 Å². The van der Waals surface area contributed by atoms with Crippen molar-refractivity contribution in [2.75, 3.05) is 0 Å². The van der Waals surface area contributed by atoms with E-state index in [0.29, 0.717) is 5.56 Å². The highest BCUT2D eigenvalue weighted by molar-refractivity contribution is 6.36. The minimum absolute atomic E-state index is 0.112. The lowest BCUT2D eigenvalue weighted by atomic mass is 10.1. The van der Waals surface area contributed by atoms with Crippen LogP contribution in [0, 0.1) is 6.57 Å². The Hall–Kier alpha value is -0.850. The summed E-state index contributed by atoms with van der Waals surface area (Å²) in [5, 5.41) is 0.225. The van der Waals surface area contributed by atoms with Crippen molar-refractivity contribution in [3.05, 3.63) is 44.7 Å². The minimum atomic E-state index is -2.61. The van der Waals surface area contributed by atoms with Crippen LogP contribution >= 0.6 is 23.2 Å². The van der Waals surface area contributed by atoms with E-state index in [9.17, 15) is 8.78 Å². The average molecular weight is 250 g/mol. The van der Waals surface area contributed by atoms with E-state index in [2.05, 4.69) is 4.85 Å². The summed E-state index contributed by atoms with van der Waals surface area (Å²) >= 11 is 11.6. The quantitative estimate of drug-likeness (QED) is 0.656. The van der Waals surface area contributed by atoms with Gasteiger partial charge in [0.1, 0.15) is 0 Å². The standard InChI is InChI=1S/C10H7Cl2F2N/c1-5(15-2)9-7(11)3-6(10(13)14)4-8(9)12/h3-5,10H,1H3. The Morgan fingerprint density at radius 3 is 2.07 bits per heavy atom. The van der Waals surface area contributed by atoms with Gasteiger partial charge in [0.15, 0.2) is 0 Å². The Bertz CT molecular complexity index is 389. The van der Waals surface area contributed by atoms with Crippen LogP contribution < -0.4 is 0 Å². The molecule has 1 rings (SSSR count). The number of hydrogen-bond donors (Lipinski definition) is 0. The summed E-state index contributed by atoms with van der Waals surface area (Å²) in [5.41, 5.74) is 0.170. The molecule has 0 radical (unpaired) electrons. The van der Waals surface area contributed by atoms with Gasteiger partial charge in [-0.1, -0.05) is 23.2 Å². The number of benzene rings is 1. The smallest absolute Gasteiger partial charge is 0.263 e. The molecule has 0 saturated carbocycles. The monoisotopic (exact) mass is 249 g/mol. The highest BCUT2D eigenvalue weighted by atomic mass is 35.5. The van der Waals surface area contributed by atoms with Gasteiger partial charge in [-0.3, -0.25) is 0 Å². The van der Waals surface area contributed by atoms with Gasteiger partial charge in [0.2, 0.25) is 6.04 Å². The second-order valence-electron chi connectivity index (χ2n) is 3.00. The largest absolute Gasteiger partial charge is 0.309 e. The fourth-order valence-electron chi connectivity index (χ4n) is 1.19. The van der Waals surface area contributed by atoms with Crippen LogP contribution in [0.2, 0.25) is 10.0 Å². The number of hydrogen-bond acceptors (Lipinski definition) is 0. The van der Waals surface area contributed by atoms with E-state index >= 15 is 0 Å². The first-order valence-corrected chi connectivity index (χ1v) is 4.86. The van der Waals surface area contributed by atoms with Gasteiger partial charge in [0, 0.05) is 12.5 Å². The molecule has 0 saturated heterocycles. The molecule has 0 spiro atoms. The van der Waals surface area contributed by atoms with Crippen molar-refractivity contribution in [2.24, 2.45) is 0 Å². The first-order chi connectivity index (χ1) is 6.97. The first kappa shape index (κ1) is 12.2. The molecule has 80 valence electrons. The predicted octanol–water partition coefficient (Wildman–Crippen LogP) is 4.91. The highest BCUT2D eigenvalue weighted by Gasteiger charge is 2.20. The summed E-state index contributed by atoms with van der Waals surface area (Å²) in [4.78, 5) is 3.25. The van der Waals surface area contributed by atoms with Gasteiger partial charge in [0.05, 0.1) is 15.6 Å². The van der Waals surface area contributed by atoms with Crippen LogP contribution in [0.25, 0.3) is 4.85 Å². The van der Waals surface area contributed by atoms with Crippen molar-refractivity contribution in [3.8, 4) is 0 Å². The van der Waals surface area contributed by atoms with Gasteiger partial charge < -0.3 is 4.85 Å². The van der Waals surface area contributed by atoms with Crippen molar-refractivity contribution < 1.29 is 8.78 Å². The summed E-state index contributed by atoms with van der Waals surface area (Å²) in [6.07, 6.45) is -2.61. The lowest BCUT2D eigenvalue weighted by Crippen LogP contribution is -1.94. The second-order valence-corrected chi connectivity index (χ2v) is 3.82. The Labute approximate surface area is 96.4 Å². The molecule has 1 atom stereocenters. The molecule has 1 aromatic carbocycles. The highest BCUT2D eigenvalue weighted by Crippen LogP contribution is 2.35. The number of rotatable bonds is 2. The van der Waals surface area contributed by atoms with Crippen molar-refractivity contribution >= 4 is 23.2 Å². The molecule has 0 amide bonds. The summed E-state index contributed by atoms with van der Waals surface area (Å²) in [5.74, 6) is 0. The summed E-state index contributed by atoms with van der Waals surface area (Å²) in [6.45, 7) is 8.45. The van der Waals surface area contributed by atoms with Gasteiger partial charge in [-0.2, -0.15) is 0 Å². The number of halogens is 4. The molecule has 0 bridgehead atoms. The van der Waals surface area contributed by atoms with Gasteiger partial charge in [-0.15, -0.1) is 0 Å². The Kier molecular flexibility index (Phi) is 3.90. The van der Waals surface area contributed by atoms with E-state index in [1.165, 1.54) is 0 Å². The molecular weight excluding hydrogens is 243 g/mol. The van der Waals surface area contributed by atoms with E-state index < -0.39 is 12.5 Å². The lowest BCUT2D eigenvalue weighted by Gasteiger charge is -2.08. The van der Waals surface area contributed by atoms with Gasteiger partial charge in [0.25, 0.3) is 6.43 Å².